The molecule has 0 fully saturated rings. The zero-order valence-corrected chi connectivity index (χ0v) is 8.53. The van der Waals surface area contributed by atoms with E-state index in [9.17, 15) is 8.42 Å². The van der Waals surface area contributed by atoms with Crippen molar-refractivity contribution in [3.63, 3.8) is 0 Å². The number of benzene rings is 1. The molecule has 8 heteroatoms. The normalized spacial score (nSPS) is 10.1. The van der Waals surface area contributed by atoms with E-state index in [0.717, 1.165) is 0 Å². The van der Waals surface area contributed by atoms with Crippen LogP contribution in [-0.4, -0.2) is 19.9 Å². The molecule has 15 heavy (non-hydrogen) atoms. The van der Waals surface area contributed by atoms with Crippen molar-refractivity contribution in [1.29, 1.82) is 0 Å². The van der Waals surface area contributed by atoms with Crippen molar-refractivity contribution in [2.75, 3.05) is 5.73 Å². The van der Waals surface area contributed by atoms with Gasteiger partial charge >= 0.3 is 0 Å². The minimum absolute atomic E-state index is 0. The Morgan fingerprint density at radius 2 is 1.60 bits per heavy atom. The summed E-state index contributed by atoms with van der Waals surface area (Å²) in [6.07, 6.45) is 0. The summed E-state index contributed by atoms with van der Waals surface area (Å²) in [5, 5.41) is 0. The predicted molar refractivity (Wildman–Crippen MR) is 57.5 cm³/mol. The number of nitrogen functional groups attached to an aromatic ring is 1. The average molecular weight is 232 g/mol. The van der Waals surface area contributed by atoms with Gasteiger partial charge in [0.1, 0.15) is 0 Å². The largest absolute Gasteiger partial charge is 0.412 e. The van der Waals surface area contributed by atoms with E-state index in [1.54, 1.807) is 0 Å². The number of nitrogens with two attached hydrogens (primary N) is 3. The van der Waals surface area contributed by atoms with E-state index in [1.807, 2.05) is 0 Å². The maximum atomic E-state index is 11.4. The lowest BCUT2D eigenvalue weighted by molar-refractivity contribution is 0.598. The molecule has 0 unspecified atom stereocenters. The van der Waals surface area contributed by atoms with Gasteiger partial charge in [-0.15, -0.1) is 4.40 Å². The topological polar surface area (TPSA) is 156 Å². The number of nitrogens with zero attached hydrogens (tertiary/aromatic N) is 1. The Kier molecular flexibility index (Phi) is 4.07. The van der Waals surface area contributed by atoms with E-state index < -0.39 is 16.0 Å². The second-order valence-electron chi connectivity index (χ2n) is 2.56. The Morgan fingerprint density at radius 1 is 1.13 bits per heavy atom. The molecule has 0 radical (unpaired) electrons. The lowest BCUT2D eigenvalue weighted by Crippen LogP contribution is -2.24. The molecule has 0 aromatic heterocycles. The van der Waals surface area contributed by atoms with E-state index in [-0.39, 0.29) is 10.4 Å². The van der Waals surface area contributed by atoms with Crippen molar-refractivity contribution in [2.24, 2.45) is 15.9 Å². The van der Waals surface area contributed by atoms with Gasteiger partial charge in [0.05, 0.1) is 4.90 Å². The molecule has 8 N–H and O–H groups in total. The summed E-state index contributed by atoms with van der Waals surface area (Å²) in [6, 6.07) is 5.57. The van der Waals surface area contributed by atoms with Crippen LogP contribution in [0.1, 0.15) is 0 Å². The minimum Gasteiger partial charge on any atom is -0.412 e. The van der Waals surface area contributed by atoms with Crippen LogP contribution in [0.25, 0.3) is 0 Å². The first-order chi connectivity index (χ1) is 6.42. The maximum Gasteiger partial charge on any atom is 0.285 e. The SMILES string of the molecule is NC(N)=NS(=O)(=O)c1ccc(N)cc1.O. The van der Waals surface area contributed by atoms with Crippen LogP contribution >= 0.6 is 0 Å². The first-order valence-corrected chi connectivity index (χ1v) is 5.07. The maximum absolute atomic E-state index is 11.4. The number of sulfonamides is 1. The zero-order chi connectivity index (χ0) is 10.8. The van der Waals surface area contributed by atoms with Gasteiger partial charge in [-0.1, -0.05) is 0 Å². The van der Waals surface area contributed by atoms with Crippen molar-refractivity contribution >= 4 is 21.7 Å². The highest BCUT2D eigenvalue weighted by atomic mass is 32.2. The third-order valence-corrected chi connectivity index (χ3v) is 2.72. The van der Waals surface area contributed by atoms with E-state index in [0.29, 0.717) is 5.69 Å². The summed E-state index contributed by atoms with van der Waals surface area (Å²) in [5.41, 5.74) is 15.8. The summed E-state index contributed by atoms with van der Waals surface area (Å²) in [4.78, 5) is 0.0000926. The molecule has 0 bridgehead atoms. The van der Waals surface area contributed by atoms with Gasteiger partial charge in [-0.2, -0.15) is 8.42 Å². The number of anilines is 1. The highest BCUT2D eigenvalue weighted by Crippen LogP contribution is 2.13. The molecule has 0 amide bonds. The van der Waals surface area contributed by atoms with Crippen LogP contribution in [0, 0.1) is 0 Å². The van der Waals surface area contributed by atoms with Crippen LogP contribution in [0.3, 0.4) is 0 Å². The van der Waals surface area contributed by atoms with Gasteiger partial charge in [0, 0.05) is 5.69 Å². The molecule has 0 aliphatic heterocycles. The Labute approximate surface area is 87.0 Å². The molecule has 84 valence electrons. The van der Waals surface area contributed by atoms with Gasteiger partial charge in [0.15, 0.2) is 0 Å². The Morgan fingerprint density at radius 3 is 2.00 bits per heavy atom. The van der Waals surface area contributed by atoms with Crippen LogP contribution in [0.4, 0.5) is 5.69 Å². The Balaban J connectivity index is 0.00000196. The molecule has 0 aliphatic rings. The summed E-state index contributed by atoms with van der Waals surface area (Å²) < 4.78 is 25.8. The number of hydrogen-bond donors (Lipinski definition) is 3. The van der Waals surface area contributed by atoms with Crippen molar-refractivity contribution in [2.45, 2.75) is 4.90 Å². The van der Waals surface area contributed by atoms with E-state index in [1.165, 1.54) is 24.3 Å². The molecule has 0 spiro atoms. The van der Waals surface area contributed by atoms with Gasteiger partial charge in [0.2, 0.25) is 5.96 Å². The number of guanidine groups is 1. The Bertz CT molecular complexity index is 448. The van der Waals surface area contributed by atoms with Crippen LogP contribution in [-0.2, 0) is 10.0 Å². The number of rotatable bonds is 2. The molecular weight excluding hydrogens is 220 g/mol. The first kappa shape index (κ1) is 13.2. The van der Waals surface area contributed by atoms with Crippen LogP contribution in [0.2, 0.25) is 0 Å². The van der Waals surface area contributed by atoms with Crippen molar-refractivity contribution < 1.29 is 13.9 Å². The summed E-state index contributed by atoms with van der Waals surface area (Å²) in [5.74, 6) is -0.498. The van der Waals surface area contributed by atoms with Gasteiger partial charge in [0.25, 0.3) is 10.0 Å². The Hall–Kier alpha value is -1.80. The molecule has 1 aromatic carbocycles. The molecular formula is C7H12N4O3S. The fourth-order valence-corrected chi connectivity index (χ4v) is 1.69. The zero-order valence-electron chi connectivity index (χ0n) is 7.71. The predicted octanol–water partition coefficient (Wildman–Crippen LogP) is -1.59. The molecule has 0 aliphatic carbocycles. The number of hydrogen-bond acceptors (Lipinski definition) is 3. The molecule has 0 heterocycles. The van der Waals surface area contributed by atoms with Crippen molar-refractivity contribution in [3.05, 3.63) is 24.3 Å². The van der Waals surface area contributed by atoms with E-state index >= 15 is 0 Å². The second kappa shape index (κ2) is 4.62. The standard InChI is InChI=1S/C7H10N4O2S.H2O/c8-5-1-3-6(4-2-5)14(12,13)11-7(9)10;/h1-4H,8H2,(H4,9,10,11);1H2. The summed E-state index contributed by atoms with van der Waals surface area (Å²) in [7, 11) is -3.79. The highest BCUT2D eigenvalue weighted by Gasteiger charge is 2.11. The fraction of sp³-hybridized carbons (Fsp3) is 0. The van der Waals surface area contributed by atoms with Gasteiger partial charge in [-0.3, -0.25) is 0 Å². The quantitative estimate of drug-likeness (QED) is 0.318. The monoisotopic (exact) mass is 232 g/mol. The third kappa shape index (κ3) is 3.44. The van der Waals surface area contributed by atoms with Gasteiger partial charge in [-0.05, 0) is 24.3 Å². The molecule has 0 atom stereocenters. The second-order valence-corrected chi connectivity index (χ2v) is 4.16. The lowest BCUT2D eigenvalue weighted by atomic mass is 10.3. The summed E-state index contributed by atoms with van der Waals surface area (Å²) in [6.45, 7) is 0. The lowest BCUT2D eigenvalue weighted by Gasteiger charge is -1.99. The van der Waals surface area contributed by atoms with Crippen LogP contribution in [0.15, 0.2) is 33.6 Å². The van der Waals surface area contributed by atoms with Gasteiger partial charge in [-0.25, -0.2) is 0 Å². The molecule has 0 saturated carbocycles. The van der Waals surface area contributed by atoms with Crippen LogP contribution in [0.5, 0.6) is 0 Å². The summed E-state index contributed by atoms with van der Waals surface area (Å²) >= 11 is 0. The molecule has 0 saturated heterocycles. The average Bonchev–Trinajstić information content (AvgIpc) is 2.02. The fourth-order valence-electron chi connectivity index (χ4n) is 0.831. The van der Waals surface area contributed by atoms with Crippen LogP contribution < -0.4 is 17.2 Å². The van der Waals surface area contributed by atoms with Gasteiger partial charge < -0.3 is 22.7 Å². The smallest absolute Gasteiger partial charge is 0.285 e. The van der Waals surface area contributed by atoms with E-state index in [4.69, 9.17) is 17.2 Å². The minimum atomic E-state index is -3.79. The van der Waals surface area contributed by atoms with Crippen molar-refractivity contribution in [3.8, 4) is 0 Å². The highest BCUT2D eigenvalue weighted by molar-refractivity contribution is 7.90. The molecule has 7 nitrogen and oxygen atoms in total. The van der Waals surface area contributed by atoms with E-state index in [2.05, 4.69) is 4.40 Å². The van der Waals surface area contributed by atoms with Crippen molar-refractivity contribution in [1.82, 2.24) is 0 Å². The third-order valence-electron chi connectivity index (χ3n) is 1.40. The molecule has 1 aromatic rings. The first-order valence-electron chi connectivity index (χ1n) is 3.63. The molecule has 1 rings (SSSR count).